The second-order valence-corrected chi connectivity index (χ2v) is 5.19. The zero-order valence-corrected chi connectivity index (χ0v) is 12.2. The summed E-state index contributed by atoms with van der Waals surface area (Å²) in [5, 5.41) is 12.4. The molecule has 0 spiro atoms. The van der Waals surface area contributed by atoms with Gasteiger partial charge in [0.2, 0.25) is 0 Å². The molecule has 3 rings (SSSR count). The molecule has 5 nitrogen and oxygen atoms in total. The summed E-state index contributed by atoms with van der Waals surface area (Å²) in [5.74, 6) is 0.609. The molecule has 0 aliphatic carbocycles. The molecule has 0 atom stereocenters. The first-order valence-electron chi connectivity index (χ1n) is 6.52. The van der Waals surface area contributed by atoms with Crippen molar-refractivity contribution in [3.8, 4) is 11.4 Å². The van der Waals surface area contributed by atoms with Gasteiger partial charge in [-0.15, -0.1) is 5.10 Å². The second-order valence-electron chi connectivity index (χ2n) is 4.79. The van der Waals surface area contributed by atoms with Crippen LogP contribution in [0.1, 0.15) is 11.1 Å². The number of aryl methyl sites for hydroxylation is 1. The van der Waals surface area contributed by atoms with Crippen LogP contribution < -0.4 is 5.73 Å². The van der Waals surface area contributed by atoms with Crippen molar-refractivity contribution >= 4 is 17.3 Å². The fourth-order valence-electron chi connectivity index (χ4n) is 2.18. The molecule has 2 aromatic carbocycles. The number of nitrogen functional groups attached to an aromatic ring is 1. The third-order valence-corrected chi connectivity index (χ3v) is 3.74. The van der Waals surface area contributed by atoms with Crippen molar-refractivity contribution in [2.45, 2.75) is 13.5 Å². The maximum atomic E-state index is 6.07. The number of rotatable bonds is 3. The lowest BCUT2D eigenvalue weighted by molar-refractivity contribution is 0.651. The molecule has 21 heavy (non-hydrogen) atoms. The van der Waals surface area contributed by atoms with E-state index in [0.717, 1.165) is 11.1 Å². The first kappa shape index (κ1) is 13.6. The number of tetrazole rings is 1. The molecule has 1 heterocycles. The topological polar surface area (TPSA) is 69.6 Å². The van der Waals surface area contributed by atoms with Crippen molar-refractivity contribution in [2.75, 3.05) is 5.73 Å². The van der Waals surface area contributed by atoms with Crippen LogP contribution >= 0.6 is 11.6 Å². The SMILES string of the molecule is Cc1ccccc1Cn1nnnc1-c1cccc(Cl)c1N. The van der Waals surface area contributed by atoms with Gasteiger partial charge in [-0.3, -0.25) is 0 Å². The van der Waals surface area contributed by atoms with E-state index >= 15 is 0 Å². The fraction of sp³-hybridized carbons (Fsp3) is 0.133. The van der Waals surface area contributed by atoms with Crippen LogP contribution in [0.4, 0.5) is 5.69 Å². The highest BCUT2D eigenvalue weighted by Gasteiger charge is 2.14. The molecule has 0 fully saturated rings. The number of para-hydroxylation sites is 1. The fourth-order valence-corrected chi connectivity index (χ4v) is 2.36. The predicted molar refractivity (Wildman–Crippen MR) is 83.0 cm³/mol. The Morgan fingerprint density at radius 2 is 1.95 bits per heavy atom. The molecule has 0 aliphatic heterocycles. The van der Waals surface area contributed by atoms with Gasteiger partial charge in [-0.2, -0.15) is 0 Å². The van der Waals surface area contributed by atoms with Gasteiger partial charge in [0.1, 0.15) is 0 Å². The van der Waals surface area contributed by atoms with Crippen molar-refractivity contribution in [3.05, 3.63) is 58.6 Å². The lowest BCUT2D eigenvalue weighted by Gasteiger charge is -2.09. The van der Waals surface area contributed by atoms with Gasteiger partial charge in [-0.05, 0) is 40.6 Å². The minimum Gasteiger partial charge on any atom is -0.397 e. The van der Waals surface area contributed by atoms with Gasteiger partial charge in [-0.25, -0.2) is 4.68 Å². The molecule has 0 bridgehead atoms. The molecular weight excluding hydrogens is 286 g/mol. The van der Waals surface area contributed by atoms with Gasteiger partial charge in [0.15, 0.2) is 5.82 Å². The van der Waals surface area contributed by atoms with Crippen molar-refractivity contribution in [2.24, 2.45) is 0 Å². The van der Waals surface area contributed by atoms with E-state index in [4.69, 9.17) is 17.3 Å². The van der Waals surface area contributed by atoms with Gasteiger partial charge in [0.25, 0.3) is 0 Å². The van der Waals surface area contributed by atoms with E-state index in [1.54, 1.807) is 10.7 Å². The van der Waals surface area contributed by atoms with Crippen LogP contribution in [-0.2, 0) is 6.54 Å². The Morgan fingerprint density at radius 3 is 2.76 bits per heavy atom. The van der Waals surface area contributed by atoms with E-state index in [1.807, 2.05) is 24.3 Å². The second kappa shape index (κ2) is 5.54. The molecule has 0 amide bonds. The first-order chi connectivity index (χ1) is 10.2. The summed E-state index contributed by atoms with van der Waals surface area (Å²) in [7, 11) is 0. The average Bonchev–Trinajstić information content (AvgIpc) is 2.92. The zero-order valence-electron chi connectivity index (χ0n) is 11.5. The predicted octanol–water partition coefficient (Wildman–Crippen LogP) is 2.93. The molecule has 0 radical (unpaired) electrons. The van der Waals surface area contributed by atoms with Crippen LogP contribution in [0.5, 0.6) is 0 Å². The normalized spacial score (nSPS) is 10.8. The van der Waals surface area contributed by atoms with Crippen LogP contribution in [0, 0.1) is 6.92 Å². The number of halogens is 1. The van der Waals surface area contributed by atoms with E-state index in [1.165, 1.54) is 5.56 Å². The quantitative estimate of drug-likeness (QED) is 0.755. The highest BCUT2D eigenvalue weighted by atomic mass is 35.5. The summed E-state index contributed by atoms with van der Waals surface area (Å²) >= 11 is 6.07. The maximum absolute atomic E-state index is 6.07. The number of hydrogen-bond acceptors (Lipinski definition) is 4. The Bertz CT molecular complexity index is 781. The molecule has 0 unspecified atom stereocenters. The van der Waals surface area contributed by atoms with Crippen molar-refractivity contribution in [1.29, 1.82) is 0 Å². The Labute approximate surface area is 127 Å². The minimum absolute atomic E-state index is 0.486. The Balaban J connectivity index is 2.02. The summed E-state index contributed by atoms with van der Waals surface area (Å²) in [6, 6.07) is 13.6. The Hall–Kier alpha value is -2.40. The summed E-state index contributed by atoms with van der Waals surface area (Å²) in [5.41, 5.74) is 9.60. The van der Waals surface area contributed by atoms with Gasteiger partial charge in [0.05, 0.1) is 17.3 Å². The Kier molecular flexibility index (Phi) is 3.58. The third-order valence-electron chi connectivity index (χ3n) is 3.41. The Morgan fingerprint density at radius 1 is 1.14 bits per heavy atom. The number of nitrogens with two attached hydrogens (primary N) is 1. The van der Waals surface area contributed by atoms with Gasteiger partial charge in [0, 0.05) is 5.56 Å². The number of nitrogens with zero attached hydrogens (tertiary/aromatic N) is 4. The number of benzene rings is 2. The van der Waals surface area contributed by atoms with Crippen molar-refractivity contribution < 1.29 is 0 Å². The van der Waals surface area contributed by atoms with E-state index in [0.29, 0.717) is 23.1 Å². The molecule has 3 aromatic rings. The molecule has 0 aliphatic rings. The van der Waals surface area contributed by atoms with E-state index in [9.17, 15) is 0 Å². The number of anilines is 1. The molecule has 0 saturated heterocycles. The van der Waals surface area contributed by atoms with Crippen molar-refractivity contribution in [3.63, 3.8) is 0 Å². The third kappa shape index (κ3) is 2.60. The molecule has 0 saturated carbocycles. The first-order valence-corrected chi connectivity index (χ1v) is 6.89. The van der Waals surface area contributed by atoms with Gasteiger partial charge < -0.3 is 5.73 Å². The summed E-state index contributed by atoms with van der Waals surface area (Å²) in [6.07, 6.45) is 0. The monoisotopic (exact) mass is 299 g/mol. The van der Waals surface area contributed by atoms with Crippen LogP contribution in [0.25, 0.3) is 11.4 Å². The molecular formula is C15H14ClN5. The minimum atomic E-state index is 0.486. The van der Waals surface area contributed by atoms with E-state index < -0.39 is 0 Å². The standard InChI is InChI=1S/C15H14ClN5/c1-10-5-2-3-6-11(10)9-21-15(18-19-20-21)12-7-4-8-13(16)14(12)17/h2-8H,9,17H2,1H3. The highest BCUT2D eigenvalue weighted by Crippen LogP contribution is 2.29. The number of hydrogen-bond donors (Lipinski definition) is 1. The summed E-state index contributed by atoms with van der Waals surface area (Å²) in [4.78, 5) is 0. The molecule has 1 aromatic heterocycles. The van der Waals surface area contributed by atoms with Gasteiger partial charge >= 0.3 is 0 Å². The lowest BCUT2D eigenvalue weighted by atomic mass is 10.1. The van der Waals surface area contributed by atoms with Gasteiger partial charge in [-0.1, -0.05) is 41.9 Å². The summed E-state index contributed by atoms with van der Waals surface area (Å²) < 4.78 is 1.73. The maximum Gasteiger partial charge on any atom is 0.184 e. The van der Waals surface area contributed by atoms with E-state index in [2.05, 4.69) is 34.6 Å². The molecule has 106 valence electrons. The lowest BCUT2D eigenvalue weighted by Crippen LogP contribution is -2.06. The summed E-state index contributed by atoms with van der Waals surface area (Å²) in [6.45, 7) is 2.65. The smallest absolute Gasteiger partial charge is 0.184 e. The average molecular weight is 300 g/mol. The largest absolute Gasteiger partial charge is 0.397 e. The van der Waals surface area contributed by atoms with Crippen LogP contribution in [0.2, 0.25) is 5.02 Å². The highest BCUT2D eigenvalue weighted by molar-refractivity contribution is 6.33. The molecule has 6 heteroatoms. The van der Waals surface area contributed by atoms with Crippen LogP contribution in [0.15, 0.2) is 42.5 Å². The number of aromatic nitrogens is 4. The zero-order chi connectivity index (χ0) is 14.8. The molecule has 2 N–H and O–H groups in total. The van der Waals surface area contributed by atoms with E-state index in [-0.39, 0.29) is 0 Å². The van der Waals surface area contributed by atoms with Crippen molar-refractivity contribution in [1.82, 2.24) is 20.2 Å². The van der Waals surface area contributed by atoms with Crippen LogP contribution in [0.3, 0.4) is 0 Å². The van der Waals surface area contributed by atoms with Crippen LogP contribution in [-0.4, -0.2) is 20.2 Å².